The summed E-state index contributed by atoms with van der Waals surface area (Å²) < 4.78 is 0. The Labute approximate surface area is 153 Å². The first-order valence-electron chi connectivity index (χ1n) is 8.40. The lowest BCUT2D eigenvalue weighted by molar-refractivity contribution is 0.427. The van der Waals surface area contributed by atoms with Crippen LogP contribution < -0.4 is 10.6 Å². The van der Waals surface area contributed by atoms with Gasteiger partial charge in [0.1, 0.15) is 11.3 Å². The van der Waals surface area contributed by atoms with Gasteiger partial charge in [-0.1, -0.05) is 96.5 Å². The minimum atomic E-state index is -0.00231. The summed E-state index contributed by atoms with van der Waals surface area (Å²) in [6.45, 7) is 0. The predicted molar refractivity (Wildman–Crippen MR) is 104 cm³/mol. The van der Waals surface area contributed by atoms with E-state index in [2.05, 4.69) is 71.3 Å². The monoisotopic (exact) mass is 346 g/mol. The number of nitrogens with one attached hydrogen (secondary N) is 2. The Morgan fingerprint density at radius 2 is 1.24 bits per heavy atom. The van der Waals surface area contributed by atoms with Gasteiger partial charge in [0.05, 0.1) is 6.04 Å². The molecule has 0 radical (unpaired) electrons. The molecule has 2 atom stereocenters. The fraction of sp³-hybridized carbons (Fsp3) is 0.0909. The van der Waals surface area contributed by atoms with Crippen LogP contribution in [0.5, 0.6) is 0 Å². The third-order valence-corrected chi connectivity index (χ3v) is 4.69. The molecule has 3 aromatic carbocycles. The zero-order chi connectivity index (χ0) is 17.1. The minimum Gasteiger partial charge on any atom is -0.357 e. The van der Waals surface area contributed by atoms with E-state index in [4.69, 9.17) is 11.6 Å². The SMILES string of the molecule is ClC1=CC(c2ccc(-c3ccccc3)cc2)NC(c2ccccc2)N1. The molecule has 0 saturated carbocycles. The van der Waals surface area contributed by atoms with Crippen LogP contribution in [0.2, 0.25) is 0 Å². The number of hydrogen-bond acceptors (Lipinski definition) is 2. The highest BCUT2D eigenvalue weighted by Crippen LogP contribution is 2.28. The van der Waals surface area contributed by atoms with E-state index in [0.29, 0.717) is 5.16 Å². The maximum absolute atomic E-state index is 6.34. The van der Waals surface area contributed by atoms with Crippen molar-refractivity contribution in [3.63, 3.8) is 0 Å². The van der Waals surface area contributed by atoms with Crippen LogP contribution in [0.25, 0.3) is 11.1 Å². The molecule has 4 rings (SSSR count). The lowest BCUT2D eigenvalue weighted by Crippen LogP contribution is -2.38. The molecule has 1 heterocycles. The number of rotatable bonds is 3. The molecule has 0 aromatic heterocycles. The Balaban J connectivity index is 1.58. The van der Waals surface area contributed by atoms with Crippen molar-refractivity contribution >= 4 is 11.6 Å². The van der Waals surface area contributed by atoms with E-state index < -0.39 is 0 Å². The fourth-order valence-electron chi connectivity index (χ4n) is 3.13. The number of hydrogen-bond donors (Lipinski definition) is 2. The van der Waals surface area contributed by atoms with Gasteiger partial charge in [-0.15, -0.1) is 0 Å². The molecule has 0 bridgehead atoms. The molecular weight excluding hydrogens is 328 g/mol. The van der Waals surface area contributed by atoms with E-state index in [1.807, 2.05) is 30.3 Å². The summed E-state index contributed by atoms with van der Waals surface area (Å²) in [5, 5.41) is 7.56. The number of benzene rings is 3. The fourth-order valence-corrected chi connectivity index (χ4v) is 3.37. The van der Waals surface area contributed by atoms with Crippen molar-refractivity contribution in [2.75, 3.05) is 0 Å². The van der Waals surface area contributed by atoms with E-state index >= 15 is 0 Å². The van der Waals surface area contributed by atoms with Gasteiger partial charge >= 0.3 is 0 Å². The van der Waals surface area contributed by atoms with E-state index in [1.54, 1.807) is 0 Å². The second kappa shape index (κ2) is 7.14. The molecule has 25 heavy (non-hydrogen) atoms. The van der Waals surface area contributed by atoms with Crippen LogP contribution in [0.3, 0.4) is 0 Å². The maximum Gasteiger partial charge on any atom is 0.105 e. The molecule has 0 spiro atoms. The van der Waals surface area contributed by atoms with Gasteiger partial charge in [-0.25, -0.2) is 0 Å². The van der Waals surface area contributed by atoms with Crippen LogP contribution in [-0.4, -0.2) is 0 Å². The van der Waals surface area contributed by atoms with Crippen LogP contribution >= 0.6 is 11.6 Å². The van der Waals surface area contributed by atoms with Gasteiger partial charge in [0, 0.05) is 0 Å². The molecule has 0 saturated heterocycles. The van der Waals surface area contributed by atoms with Crippen LogP contribution in [0.15, 0.2) is 96.2 Å². The van der Waals surface area contributed by atoms with E-state index in [-0.39, 0.29) is 12.2 Å². The van der Waals surface area contributed by atoms with E-state index in [1.165, 1.54) is 22.3 Å². The Morgan fingerprint density at radius 1 is 0.640 bits per heavy atom. The normalized spacial score (nSPS) is 19.8. The zero-order valence-electron chi connectivity index (χ0n) is 13.7. The predicted octanol–water partition coefficient (Wildman–Crippen LogP) is 5.37. The smallest absolute Gasteiger partial charge is 0.105 e. The first-order chi connectivity index (χ1) is 12.3. The first-order valence-corrected chi connectivity index (χ1v) is 8.78. The highest BCUT2D eigenvalue weighted by Gasteiger charge is 2.22. The summed E-state index contributed by atoms with van der Waals surface area (Å²) in [6.07, 6.45) is 2.01. The van der Waals surface area contributed by atoms with Gasteiger partial charge in [0.25, 0.3) is 0 Å². The average Bonchev–Trinajstić information content (AvgIpc) is 2.69. The molecule has 2 N–H and O–H groups in total. The molecule has 0 aliphatic carbocycles. The zero-order valence-corrected chi connectivity index (χ0v) is 14.4. The Hall–Kier alpha value is -2.55. The number of halogens is 1. The summed E-state index contributed by atoms with van der Waals surface area (Å²) in [5.41, 5.74) is 4.80. The second-order valence-electron chi connectivity index (χ2n) is 6.14. The van der Waals surface area contributed by atoms with Crippen molar-refractivity contribution in [1.29, 1.82) is 0 Å². The lowest BCUT2D eigenvalue weighted by atomic mass is 9.99. The molecule has 0 amide bonds. The molecular formula is C22H19ClN2. The molecule has 2 nitrogen and oxygen atoms in total. The van der Waals surface area contributed by atoms with Crippen LogP contribution in [-0.2, 0) is 0 Å². The Morgan fingerprint density at radius 3 is 1.92 bits per heavy atom. The summed E-state index contributed by atoms with van der Waals surface area (Å²) in [7, 11) is 0. The maximum atomic E-state index is 6.34. The lowest BCUT2D eigenvalue weighted by Gasteiger charge is -2.31. The van der Waals surface area contributed by atoms with Crippen molar-refractivity contribution in [1.82, 2.24) is 10.6 Å². The molecule has 124 valence electrons. The Kier molecular flexibility index (Phi) is 4.55. The average molecular weight is 347 g/mol. The van der Waals surface area contributed by atoms with Crippen LogP contribution in [0, 0.1) is 0 Å². The highest BCUT2D eigenvalue weighted by atomic mass is 35.5. The summed E-state index contributed by atoms with van der Waals surface area (Å²) in [5.74, 6) is 0. The van der Waals surface area contributed by atoms with Gasteiger partial charge in [-0.3, -0.25) is 5.32 Å². The molecule has 0 fully saturated rings. The van der Waals surface area contributed by atoms with Crippen molar-refractivity contribution in [3.05, 3.63) is 107 Å². The van der Waals surface area contributed by atoms with E-state index in [9.17, 15) is 0 Å². The van der Waals surface area contributed by atoms with Gasteiger partial charge < -0.3 is 5.32 Å². The quantitative estimate of drug-likeness (QED) is 0.623. The Bertz CT molecular complexity index is 858. The van der Waals surface area contributed by atoms with E-state index in [0.717, 1.165) is 0 Å². The molecule has 3 aromatic rings. The van der Waals surface area contributed by atoms with Crippen LogP contribution in [0.4, 0.5) is 0 Å². The highest BCUT2D eigenvalue weighted by molar-refractivity contribution is 6.29. The largest absolute Gasteiger partial charge is 0.357 e. The van der Waals surface area contributed by atoms with Gasteiger partial charge in [-0.05, 0) is 28.3 Å². The van der Waals surface area contributed by atoms with Crippen LogP contribution in [0.1, 0.15) is 23.3 Å². The third kappa shape index (κ3) is 3.60. The van der Waals surface area contributed by atoms with Gasteiger partial charge in [-0.2, -0.15) is 0 Å². The first kappa shape index (κ1) is 15.9. The third-order valence-electron chi connectivity index (χ3n) is 4.45. The second-order valence-corrected chi connectivity index (χ2v) is 6.54. The summed E-state index contributed by atoms with van der Waals surface area (Å²) in [6, 6.07) is 29.4. The van der Waals surface area contributed by atoms with Crippen molar-refractivity contribution in [2.24, 2.45) is 0 Å². The topological polar surface area (TPSA) is 24.1 Å². The van der Waals surface area contributed by atoms with Crippen molar-refractivity contribution in [3.8, 4) is 11.1 Å². The molecule has 1 aliphatic rings. The minimum absolute atomic E-state index is 0.00231. The van der Waals surface area contributed by atoms with Gasteiger partial charge in [0.2, 0.25) is 0 Å². The summed E-state index contributed by atoms with van der Waals surface area (Å²) in [4.78, 5) is 0. The molecule has 1 aliphatic heterocycles. The molecule has 3 heteroatoms. The van der Waals surface area contributed by atoms with Crippen molar-refractivity contribution in [2.45, 2.75) is 12.2 Å². The summed E-state index contributed by atoms with van der Waals surface area (Å²) >= 11 is 6.34. The molecule has 2 unspecified atom stereocenters. The van der Waals surface area contributed by atoms with Crippen molar-refractivity contribution < 1.29 is 0 Å². The standard InChI is InChI=1S/C22H19ClN2/c23-21-15-20(24-22(25-21)19-9-5-2-6-10-19)18-13-11-17(12-14-18)16-7-3-1-4-8-16/h1-15,20,22,24-25H. The van der Waals surface area contributed by atoms with Gasteiger partial charge in [0.15, 0.2) is 0 Å².